The Labute approximate surface area is 299 Å². The van der Waals surface area contributed by atoms with E-state index in [1.807, 2.05) is 72.5 Å². The van der Waals surface area contributed by atoms with Gasteiger partial charge in [-0.3, -0.25) is 4.90 Å². The third-order valence-electron chi connectivity index (χ3n) is 9.27. The lowest BCUT2D eigenvalue weighted by atomic mass is 9.98. The zero-order valence-electron chi connectivity index (χ0n) is 28.5. The standard InChI is InChI=1S/C42H38F6N2O2/c1-28-11-13-29(14-12-28)24-49-19-6-20-50(26-31-21-33(41(43,44)45)23-34(22-31)42(46,47)48)25-30-15-17-32(18-16-30)40(51)52-27-39-37-9-4-2-7-35(37)36-8-3-5-10-38(36)39/h2-5,7-18,21-23,39,49H,6,19-20,24-27H2,1H3. The lowest BCUT2D eigenvalue weighted by Crippen LogP contribution is -2.27. The predicted molar refractivity (Wildman–Crippen MR) is 189 cm³/mol. The highest BCUT2D eigenvalue weighted by molar-refractivity contribution is 5.89. The van der Waals surface area contributed by atoms with Crippen molar-refractivity contribution in [3.63, 3.8) is 0 Å². The summed E-state index contributed by atoms with van der Waals surface area (Å²) in [6.45, 7) is 3.87. The van der Waals surface area contributed by atoms with Crippen LogP contribution in [0.5, 0.6) is 0 Å². The monoisotopic (exact) mass is 716 g/mol. The van der Waals surface area contributed by atoms with Crippen LogP contribution in [0.15, 0.2) is 115 Å². The number of esters is 1. The van der Waals surface area contributed by atoms with E-state index < -0.39 is 29.4 Å². The van der Waals surface area contributed by atoms with E-state index in [9.17, 15) is 31.1 Å². The smallest absolute Gasteiger partial charge is 0.416 e. The van der Waals surface area contributed by atoms with E-state index in [0.717, 1.165) is 51.1 Å². The molecule has 1 N–H and O–H groups in total. The van der Waals surface area contributed by atoms with E-state index in [0.29, 0.717) is 31.6 Å². The fourth-order valence-electron chi connectivity index (χ4n) is 6.64. The van der Waals surface area contributed by atoms with E-state index in [1.54, 1.807) is 24.3 Å². The molecular formula is C42H38F6N2O2. The Hall–Kier alpha value is -4.93. The van der Waals surface area contributed by atoms with Gasteiger partial charge in [-0.1, -0.05) is 90.5 Å². The van der Waals surface area contributed by atoms with Gasteiger partial charge in [-0.25, -0.2) is 4.79 Å². The van der Waals surface area contributed by atoms with E-state index in [4.69, 9.17) is 4.74 Å². The van der Waals surface area contributed by atoms with Crippen LogP contribution in [0.2, 0.25) is 0 Å². The van der Waals surface area contributed by atoms with Crippen LogP contribution in [0.25, 0.3) is 11.1 Å². The molecule has 0 unspecified atom stereocenters. The molecule has 5 aromatic rings. The van der Waals surface area contributed by atoms with Gasteiger partial charge in [0.25, 0.3) is 0 Å². The minimum atomic E-state index is -4.93. The van der Waals surface area contributed by atoms with Gasteiger partial charge in [-0.2, -0.15) is 26.3 Å². The fourth-order valence-corrected chi connectivity index (χ4v) is 6.64. The van der Waals surface area contributed by atoms with Crippen molar-refractivity contribution in [2.24, 2.45) is 0 Å². The van der Waals surface area contributed by atoms with Crippen molar-refractivity contribution < 1.29 is 35.9 Å². The number of alkyl halides is 6. The van der Waals surface area contributed by atoms with E-state index in [1.165, 1.54) is 0 Å². The molecule has 1 aliphatic rings. The number of nitrogens with one attached hydrogen (secondary N) is 1. The van der Waals surface area contributed by atoms with Crippen molar-refractivity contribution in [2.45, 2.75) is 51.2 Å². The molecule has 6 rings (SSSR count). The molecule has 0 atom stereocenters. The van der Waals surface area contributed by atoms with Crippen LogP contribution in [0.1, 0.15) is 67.2 Å². The highest BCUT2D eigenvalue weighted by Gasteiger charge is 2.37. The third kappa shape index (κ3) is 9.10. The van der Waals surface area contributed by atoms with Crippen LogP contribution in [-0.2, 0) is 36.7 Å². The van der Waals surface area contributed by atoms with Crippen molar-refractivity contribution >= 4 is 5.97 Å². The Morgan fingerprint density at radius 3 is 1.81 bits per heavy atom. The molecule has 0 heterocycles. The summed E-state index contributed by atoms with van der Waals surface area (Å²) in [5.41, 5.74) is 4.98. The molecule has 10 heteroatoms. The highest BCUT2D eigenvalue weighted by atomic mass is 19.4. The number of fused-ring (bicyclic) bond motifs is 3. The average molecular weight is 717 g/mol. The van der Waals surface area contributed by atoms with Crippen LogP contribution < -0.4 is 5.32 Å². The first-order valence-corrected chi connectivity index (χ1v) is 17.1. The van der Waals surface area contributed by atoms with E-state index in [-0.39, 0.29) is 37.2 Å². The van der Waals surface area contributed by atoms with Gasteiger partial charge >= 0.3 is 18.3 Å². The minimum absolute atomic E-state index is 0.0926. The zero-order valence-corrected chi connectivity index (χ0v) is 28.5. The van der Waals surface area contributed by atoms with Gasteiger partial charge in [0.05, 0.1) is 16.7 Å². The number of hydrogen-bond donors (Lipinski definition) is 1. The minimum Gasteiger partial charge on any atom is -0.461 e. The number of carbonyl (C=O) groups excluding carboxylic acids is 1. The van der Waals surface area contributed by atoms with Crippen LogP contribution >= 0.6 is 0 Å². The summed E-state index contributed by atoms with van der Waals surface area (Å²) in [5, 5.41) is 3.35. The molecule has 0 amide bonds. The molecule has 0 radical (unpaired) electrons. The zero-order chi connectivity index (χ0) is 36.9. The fraction of sp³-hybridized carbons (Fsp3) is 0.262. The second kappa shape index (κ2) is 15.8. The Morgan fingerprint density at radius 2 is 1.23 bits per heavy atom. The second-order valence-electron chi connectivity index (χ2n) is 13.2. The van der Waals surface area contributed by atoms with Gasteiger partial charge in [-0.15, -0.1) is 0 Å². The van der Waals surface area contributed by atoms with Crippen molar-refractivity contribution in [2.75, 3.05) is 19.7 Å². The van der Waals surface area contributed by atoms with Gasteiger partial charge in [0, 0.05) is 32.1 Å². The molecule has 270 valence electrons. The predicted octanol–water partition coefficient (Wildman–Crippen LogP) is 10.2. The van der Waals surface area contributed by atoms with E-state index >= 15 is 0 Å². The molecule has 4 nitrogen and oxygen atoms in total. The Morgan fingerprint density at radius 1 is 0.692 bits per heavy atom. The maximum Gasteiger partial charge on any atom is 0.416 e. The van der Waals surface area contributed by atoms with Crippen LogP contribution in [-0.4, -0.2) is 30.6 Å². The Balaban J connectivity index is 1.13. The summed E-state index contributed by atoms with van der Waals surface area (Å²) < 4.78 is 87.5. The van der Waals surface area contributed by atoms with Gasteiger partial charge in [0.1, 0.15) is 6.61 Å². The molecule has 0 aliphatic heterocycles. The molecule has 0 saturated carbocycles. The summed E-state index contributed by atoms with van der Waals surface area (Å²) >= 11 is 0. The molecule has 52 heavy (non-hydrogen) atoms. The average Bonchev–Trinajstić information content (AvgIpc) is 3.44. The van der Waals surface area contributed by atoms with Gasteiger partial charge in [0.2, 0.25) is 0 Å². The van der Waals surface area contributed by atoms with Crippen molar-refractivity contribution in [3.8, 4) is 11.1 Å². The largest absolute Gasteiger partial charge is 0.461 e. The maximum atomic E-state index is 13.6. The molecule has 0 bridgehead atoms. The summed E-state index contributed by atoms with van der Waals surface area (Å²) in [6.07, 6.45) is -9.28. The van der Waals surface area contributed by atoms with Crippen LogP contribution in [0, 0.1) is 6.92 Å². The number of halogens is 6. The molecule has 0 fully saturated rings. The normalized spacial score (nSPS) is 12.9. The number of hydrogen-bond acceptors (Lipinski definition) is 4. The number of benzene rings is 5. The molecule has 5 aromatic carbocycles. The molecule has 0 spiro atoms. The van der Waals surface area contributed by atoms with E-state index in [2.05, 4.69) is 17.4 Å². The number of ether oxygens (including phenoxy) is 1. The highest BCUT2D eigenvalue weighted by Crippen LogP contribution is 2.44. The van der Waals surface area contributed by atoms with Gasteiger partial charge in [-0.05, 0) is 89.2 Å². The van der Waals surface area contributed by atoms with Crippen molar-refractivity contribution in [3.05, 3.63) is 165 Å². The molecule has 0 saturated heterocycles. The first-order valence-electron chi connectivity index (χ1n) is 17.1. The molecular weight excluding hydrogens is 678 g/mol. The maximum absolute atomic E-state index is 13.6. The lowest BCUT2D eigenvalue weighted by molar-refractivity contribution is -0.143. The SMILES string of the molecule is Cc1ccc(CNCCCN(Cc2ccc(C(=O)OCC3c4ccccc4-c4ccccc43)cc2)Cc2cc(C(F)(F)F)cc(C(F)(F)F)c2)cc1. The second-order valence-corrected chi connectivity index (χ2v) is 13.2. The van der Waals surface area contributed by atoms with Gasteiger partial charge in [0.15, 0.2) is 0 Å². The topological polar surface area (TPSA) is 41.6 Å². The lowest BCUT2D eigenvalue weighted by Gasteiger charge is -2.24. The summed E-state index contributed by atoms with van der Waals surface area (Å²) in [5.74, 6) is -0.585. The van der Waals surface area contributed by atoms with Crippen LogP contribution in [0.3, 0.4) is 0 Å². The molecule has 0 aromatic heterocycles. The summed E-state index contributed by atoms with van der Waals surface area (Å²) in [7, 11) is 0. The third-order valence-corrected chi connectivity index (χ3v) is 9.27. The Kier molecular flexibility index (Phi) is 11.2. The first-order chi connectivity index (χ1) is 24.8. The van der Waals surface area contributed by atoms with Crippen LogP contribution in [0.4, 0.5) is 26.3 Å². The first kappa shape index (κ1) is 36.8. The summed E-state index contributed by atoms with van der Waals surface area (Å²) in [6, 6.07) is 32.6. The number of rotatable bonds is 13. The van der Waals surface area contributed by atoms with Gasteiger partial charge < -0.3 is 10.1 Å². The Bertz CT molecular complexity index is 1910. The van der Waals surface area contributed by atoms with Crippen molar-refractivity contribution in [1.82, 2.24) is 10.2 Å². The molecule has 1 aliphatic carbocycles. The number of aryl methyl sites for hydroxylation is 1. The summed E-state index contributed by atoms with van der Waals surface area (Å²) in [4.78, 5) is 14.9. The number of nitrogens with zero attached hydrogens (tertiary/aromatic N) is 1. The quantitative estimate of drug-likeness (QED) is 0.0749. The van der Waals surface area contributed by atoms with Crippen molar-refractivity contribution in [1.29, 1.82) is 0 Å². The number of carbonyl (C=O) groups is 1.